The first-order valence-electron chi connectivity index (χ1n) is 6.54. The first-order chi connectivity index (χ1) is 8.27. The van der Waals surface area contributed by atoms with Crippen molar-refractivity contribution in [2.24, 2.45) is 0 Å². The van der Waals surface area contributed by atoms with Gasteiger partial charge in [-0.05, 0) is 13.3 Å². The minimum atomic E-state index is 0.169. The fraction of sp³-hybridized carbons (Fsp3) is 0.769. The van der Waals surface area contributed by atoms with Gasteiger partial charge in [0.15, 0.2) is 0 Å². The Hall–Kier alpha value is -1.03. The quantitative estimate of drug-likeness (QED) is 0.608. The summed E-state index contributed by atoms with van der Waals surface area (Å²) in [5.41, 5.74) is 1.39. The van der Waals surface area contributed by atoms with Gasteiger partial charge in [-0.2, -0.15) is 0 Å². The number of nitrogens with zero attached hydrogens (tertiary/aromatic N) is 2. The van der Waals surface area contributed by atoms with Crippen molar-refractivity contribution in [3.63, 3.8) is 0 Å². The molecule has 1 fully saturated rings. The molecule has 0 aromatic heterocycles. The first-order valence-corrected chi connectivity index (χ1v) is 6.54. The van der Waals surface area contributed by atoms with Crippen molar-refractivity contribution in [1.82, 2.24) is 9.80 Å². The second-order valence-electron chi connectivity index (χ2n) is 4.13. The molecule has 0 saturated carbocycles. The number of ether oxygens (including phenoxy) is 1. The molecule has 2 amide bonds. The molecule has 0 unspecified atom stereocenters. The fourth-order valence-corrected chi connectivity index (χ4v) is 1.90. The van der Waals surface area contributed by atoms with E-state index in [2.05, 4.69) is 13.0 Å². The van der Waals surface area contributed by atoms with Crippen LogP contribution in [0.3, 0.4) is 0 Å². The van der Waals surface area contributed by atoms with E-state index in [1.807, 2.05) is 23.6 Å². The van der Waals surface area contributed by atoms with E-state index in [4.69, 9.17) is 4.74 Å². The molecule has 0 aromatic carbocycles. The largest absolute Gasteiger partial charge is 0.378 e. The van der Waals surface area contributed by atoms with Gasteiger partial charge < -0.3 is 14.5 Å². The Labute approximate surface area is 104 Å². The van der Waals surface area contributed by atoms with E-state index in [9.17, 15) is 4.79 Å². The normalized spacial score (nSPS) is 20.3. The number of carbonyl (C=O) groups is 1. The minimum absolute atomic E-state index is 0.169. The Bertz CT molecular complexity index is 271. The molecule has 0 aliphatic carbocycles. The minimum Gasteiger partial charge on any atom is -0.378 e. The molecule has 98 valence electrons. The summed E-state index contributed by atoms with van der Waals surface area (Å²) in [6, 6.07) is 0.169. The van der Waals surface area contributed by atoms with Crippen LogP contribution >= 0.6 is 0 Å². The van der Waals surface area contributed by atoms with Gasteiger partial charge in [-0.15, -0.1) is 0 Å². The summed E-state index contributed by atoms with van der Waals surface area (Å²) >= 11 is 0. The molecule has 0 bridgehead atoms. The van der Waals surface area contributed by atoms with E-state index >= 15 is 0 Å². The lowest BCUT2D eigenvalue weighted by Gasteiger charge is -2.34. The van der Waals surface area contributed by atoms with Crippen molar-refractivity contribution < 1.29 is 9.53 Å². The number of carbonyl (C=O) groups excluding carboxylic acids is 1. The van der Waals surface area contributed by atoms with Crippen molar-refractivity contribution in [3.8, 4) is 0 Å². The van der Waals surface area contributed by atoms with Crippen LogP contribution in [0, 0.1) is 0 Å². The van der Waals surface area contributed by atoms with Gasteiger partial charge in [-0.25, -0.2) is 4.79 Å². The predicted octanol–water partition coefficient (Wildman–Crippen LogP) is 2.12. The molecule has 17 heavy (non-hydrogen) atoms. The molecular formula is C13H24N2O2. The summed E-state index contributed by atoms with van der Waals surface area (Å²) in [7, 11) is 0. The van der Waals surface area contributed by atoms with Crippen molar-refractivity contribution in [2.75, 3.05) is 39.4 Å². The molecule has 0 aromatic rings. The van der Waals surface area contributed by atoms with Crippen LogP contribution in [-0.2, 0) is 4.74 Å². The Kier molecular flexibility index (Phi) is 6.05. The van der Waals surface area contributed by atoms with Crippen LogP contribution in [0.15, 0.2) is 11.6 Å². The topological polar surface area (TPSA) is 32.8 Å². The summed E-state index contributed by atoms with van der Waals surface area (Å²) < 4.78 is 5.23. The number of hydrogen-bond donors (Lipinski definition) is 0. The Morgan fingerprint density at radius 1 is 1.18 bits per heavy atom. The van der Waals surface area contributed by atoms with Crippen LogP contribution in [0.4, 0.5) is 4.79 Å². The third-order valence-corrected chi connectivity index (χ3v) is 2.99. The standard InChI is InChI=1S/C11H18N2O2.C2H6/c1-10-2-4-12(5-3-10)11(14)13-6-8-15-9-7-13;1-2/h2H,3-9H2,1H3;1-2H3. The van der Waals surface area contributed by atoms with E-state index in [-0.39, 0.29) is 6.03 Å². The van der Waals surface area contributed by atoms with Gasteiger partial charge in [0, 0.05) is 26.2 Å². The van der Waals surface area contributed by atoms with E-state index in [0.717, 1.165) is 32.6 Å². The lowest BCUT2D eigenvalue weighted by Crippen LogP contribution is -2.49. The SMILES string of the molecule is CC.CC1=CCN(C(=O)N2CCOCC2)CC1. The third-order valence-electron chi connectivity index (χ3n) is 2.99. The molecule has 2 aliphatic heterocycles. The smallest absolute Gasteiger partial charge is 0.320 e. The molecule has 0 N–H and O–H groups in total. The van der Waals surface area contributed by atoms with Crippen LogP contribution in [0.5, 0.6) is 0 Å². The summed E-state index contributed by atoms with van der Waals surface area (Å²) in [4.78, 5) is 15.8. The highest BCUT2D eigenvalue weighted by Gasteiger charge is 2.23. The van der Waals surface area contributed by atoms with Gasteiger partial charge in [0.05, 0.1) is 13.2 Å². The zero-order chi connectivity index (χ0) is 12.7. The van der Waals surface area contributed by atoms with Gasteiger partial charge >= 0.3 is 6.03 Å². The van der Waals surface area contributed by atoms with E-state index in [1.54, 1.807) is 0 Å². The maximum atomic E-state index is 12.0. The third kappa shape index (κ3) is 4.04. The Morgan fingerprint density at radius 3 is 2.35 bits per heavy atom. The first kappa shape index (κ1) is 14.0. The van der Waals surface area contributed by atoms with Gasteiger partial charge in [0.1, 0.15) is 0 Å². The molecular weight excluding hydrogens is 216 g/mol. The molecule has 2 heterocycles. The molecule has 4 nitrogen and oxygen atoms in total. The van der Waals surface area contributed by atoms with Crippen molar-refractivity contribution in [1.29, 1.82) is 0 Å². The zero-order valence-electron chi connectivity index (χ0n) is 11.2. The van der Waals surface area contributed by atoms with Crippen molar-refractivity contribution in [2.45, 2.75) is 27.2 Å². The summed E-state index contributed by atoms with van der Waals surface area (Å²) in [6.07, 6.45) is 3.15. The van der Waals surface area contributed by atoms with Crippen LogP contribution in [-0.4, -0.2) is 55.2 Å². The fourth-order valence-electron chi connectivity index (χ4n) is 1.90. The summed E-state index contributed by atoms with van der Waals surface area (Å²) in [5, 5.41) is 0. The van der Waals surface area contributed by atoms with Crippen molar-refractivity contribution in [3.05, 3.63) is 11.6 Å². The number of hydrogen-bond acceptors (Lipinski definition) is 2. The van der Waals surface area contributed by atoms with Gasteiger partial charge in [-0.3, -0.25) is 0 Å². The summed E-state index contributed by atoms with van der Waals surface area (Å²) in [5.74, 6) is 0. The van der Waals surface area contributed by atoms with Crippen LogP contribution in [0.1, 0.15) is 27.2 Å². The van der Waals surface area contributed by atoms with Crippen LogP contribution in [0.2, 0.25) is 0 Å². The lowest BCUT2D eigenvalue weighted by atomic mass is 10.1. The maximum Gasteiger partial charge on any atom is 0.320 e. The average Bonchev–Trinajstić information content (AvgIpc) is 2.42. The van der Waals surface area contributed by atoms with E-state index in [1.165, 1.54) is 5.57 Å². The van der Waals surface area contributed by atoms with Crippen molar-refractivity contribution >= 4 is 6.03 Å². The Morgan fingerprint density at radius 2 is 1.82 bits per heavy atom. The zero-order valence-corrected chi connectivity index (χ0v) is 11.2. The average molecular weight is 240 g/mol. The number of amides is 2. The van der Waals surface area contributed by atoms with E-state index < -0.39 is 0 Å². The second-order valence-corrected chi connectivity index (χ2v) is 4.13. The molecule has 0 radical (unpaired) electrons. The summed E-state index contributed by atoms with van der Waals surface area (Å²) in [6.45, 7) is 10.6. The van der Waals surface area contributed by atoms with Gasteiger partial charge in [0.25, 0.3) is 0 Å². The monoisotopic (exact) mass is 240 g/mol. The highest BCUT2D eigenvalue weighted by Crippen LogP contribution is 2.12. The van der Waals surface area contributed by atoms with Crippen LogP contribution in [0.25, 0.3) is 0 Å². The lowest BCUT2D eigenvalue weighted by molar-refractivity contribution is 0.0439. The van der Waals surface area contributed by atoms with Gasteiger partial charge in [0.2, 0.25) is 0 Å². The van der Waals surface area contributed by atoms with Crippen LogP contribution < -0.4 is 0 Å². The molecule has 4 heteroatoms. The maximum absolute atomic E-state index is 12.0. The Balaban J connectivity index is 0.000000686. The molecule has 2 aliphatic rings. The highest BCUT2D eigenvalue weighted by atomic mass is 16.5. The highest BCUT2D eigenvalue weighted by molar-refractivity contribution is 5.75. The number of rotatable bonds is 0. The predicted molar refractivity (Wildman–Crippen MR) is 69.1 cm³/mol. The molecule has 1 saturated heterocycles. The molecule has 0 atom stereocenters. The number of morpholine rings is 1. The molecule has 0 spiro atoms. The molecule has 2 rings (SSSR count). The number of urea groups is 1. The van der Waals surface area contributed by atoms with E-state index in [0.29, 0.717) is 13.2 Å². The second kappa shape index (κ2) is 7.33. The van der Waals surface area contributed by atoms with Gasteiger partial charge in [-0.1, -0.05) is 25.5 Å².